The van der Waals surface area contributed by atoms with Gasteiger partial charge in [-0.3, -0.25) is 0 Å². The number of methoxy groups -OCH3 is 1. The van der Waals surface area contributed by atoms with E-state index in [0.717, 1.165) is 22.8 Å². The maximum Gasteiger partial charge on any atom is 0.190 e. The summed E-state index contributed by atoms with van der Waals surface area (Å²) in [7, 11) is 1.68. The minimum absolute atomic E-state index is 0.555. The molecular weight excluding hydrogens is 324 g/mol. The average Bonchev–Trinajstić information content (AvgIpc) is 3.18. The first-order valence-corrected chi connectivity index (χ1v) is 9.35. The van der Waals surface area contributed by atoms with E-state index >= 15 is 0 Å². The maximum atomic E-state index is 5.42. The van der Waals surface area contributed by atoms with Crippen LogP contribution in [-0.4, -0.2) is 11.7 Å². The highest BCUT2D eigenvalue weighted by molar-refractivity contribution is 7.14. The van der Waals surface area contributed by atoms with Crippen molar-refractivity contribution in [2.75, 3.05) is 7.11 Å². The van der Waals surface area contributed by atoms with Crippen LogP contribution < -0.4 is 9.54 Å². The molecule has 0 N–H and O–H groups in total. The van der Waals surface area contributed by atoms with Crippen LogP contribution in [0.2, 0.25) is 0 Å². The van der Waals surface area contributed by atoms with Crippen LogP contribution >= 0.6 is 22.7 Å². The third kappa shape index (κ3) is 3.57. The van der Waals surface area contributed by atoms with E-state index < -0.39 is 0 Å². The second-order valence-corrected chi connectivity index (χ2v) is 7.45. The van der Waals surface area contributed by atoms with Gasteiger partial charge in [-0.1, -0.05) is 32.0 Å². The van der Waals surface area contributed by atoms with E-state index in [9.17, 15) is 0 Å². The number of rotatable bonds is 5. The summed E-state index contributed by atoms with van der Waals surface area (Å²) in [4.78, 5) is 7.14. The molecule has 1 aromatic carbocycles. The van der Waals surface area contributed by atoms with Crippen molar-refractivity contribution in [3.63, 3.8) is 0 Å². The average molecular weight is 345 g/mol. The zero-order valence-corrected chi connectivity index (χ0v) is 15.2. The van der Waals surface area contributed by atoms with Gasteiger partial charge in [0.15, 0.2) is 4.80 Å². The predicted molar refractivity (Wildman–Crippen MR) is 98.7 cm³/mol. The zero-order chi connectivity index (χ0) is 16.2. The highest BCUT2D eigenvalue weighted by Gasteiger charge is 2.11. The van der Waals surface area contributed by atoms with Crippen molar-refractivity contribution in [2.45, 2.75) is 20.4 Å². The van der Waals surface area contributed by atoms with Crippen molar-refractivity contribution in [3.05, 3.63) is 52.0 Å². The van der Waals surface area contributed by atoms with Gasteiger partial charge in [0.2, 0.25) is 0 Å². The van der Waals surface area contributed by atoms with Gasteiger partial charge in [0.05, 0.1) is 17.7 Å². The summed E-state index contributed by atoms with van der Waals surface area (Å²) in [6.45, 7) is 5.41. The van der Waals surface area contributed by atoms with Gasteiger partial charge in [0, 0.05) is 11.9 Å². The van der Waals surface area contributed by atoms with Crippen LogP contribution in [0.25, 0.3) is 10.6 Å². The molecule has 2 aromatic heterocycles. The SMILES string of the molecule is COc1ccccc1N=c1scc(-c2cccs2)n1CC(C)C. The number of hydrogen-bond acceptors (Lipinski definition) is 4. The lowest BCUT2D eigenvalue weighted by atomic mass is 10.2. The molecule has 0 amide bonds. The molecule has 0 unspecified atom stereocenters. The molecule has 0 bridgehead atoms. The number of aromatic nitrogens is 1. The largest absolute Gasteiger partial charge is 0.494 e. The summed E-state index contributed by atoms with van der Waals surface area (Å²) in [6.07, 6.45) is 0. The van der Waals surface area contributed by atoms with Gasteiger partial charge in [-0.25, -0.2) is 4.99 Å². The Labute approximate surface area is 144 Å². The monoisotopic (exact) mass is 344 g/mol. The first-order chi connectivity index (χ1) is 11.2. The lowest BCUT2D eigenvalue weighted by molar-refractivity contribution is 0.416. The van der Waals surface area contributed by atoms with E-state index in [0.29, 0.717) is 5.92 Å². The van der Waals surface area contributed by atoms with Crippen molar-refractivity contribution >= 4 is 28.4 Å². The van der Waals surface area contributed by atoms with Gasteiger partial charge in [0.25, 0.3) is 0 Å². The van der Waals surface area contributed by atoms with Crippen LogP contribution in [0.15, 0.2) is 52.2 Å². The van der Waals surface area contributed by atoms with Crippen molar-refractivity contribution < 1.29 is 4.74 Å². The zero-order valence-electron chi connectivity index (χ0n) is 13.5. The third-order valence-corrected chi connectivity index (χ3v) is 5.18. The molecule has 0 fully saturated rings. The van der Waals surface area contributed by atoms with E-state index in [2.05, 4.69) is 41.3 Å². The molecule has 3 aromatic rings. The van der Waals surface area contributed by atoms with Crippen molar-refractivity contribution in [1.82, 2.24) is 4.57 Å². The van der Waals surface area contributed by atoms with E-state index in [1.54, 1.807) is 29.8 Å². The molecular formula is C18H20N2OS2. The lowest BCUT2D eigenvalue weighted by Gasteiger charge is -2.10. The Morgan fingerprint density at radius 2 is 1.96 bits per heavy atom. The standard InChI is InChI=1S/C18H20N2OS2/c1-13(2)11-20-15(17-9-6-10-22-17)12-23-18(20)19-14-7-4-5-8-16(14)21-3/h4-10,12-13H,11H2,1-3H3. The van der Waals surface area contributed by atoms with E-state index in [-0.39, 0.29) is 0 Å². The number of hydrogen-bond donors (Lipinski definition) is 0. The quantitative estimate of drug-likeness (QED) is 0.627. The molecule has 3 nitrogen and oxygen atoms in total. The van der Waals surface area contributed by atoms with Crippen molar-refractivity contribution in [3.8, 4) is 16.3 Å². The molecule has 23 heavy (non-hydrogen) atoms. The predicted octanol–water partition coefficient (Wildman–Crippen LogP) is 5.18. The summed E-state index contributed by atoms with van der Waals surface area (Å²) >= 11 is 3.44. The Balaban J connectivity index is 2.14. The second-order valence-electron chi connectivity index (χ2n) is 5.67. The number of para-hydroxylation sites is 2. The summed E-state index contributed by atoms with van der Waals surface area (Å²) in [5, 5.41) is 4.31. The van der Waals surface area contributed by atoms with Crippen LogP contribution in [0, 0.1) is 5.92 Å². The molecule has 0 aliphatic heterocycles. The summed E-state index contributed by atoms with van der Waals surface area (Å²) in [5.74, 6) is 1.36. The number of benzene rings is 1. The molecule has 0 saturated heterocycles. The van der Waals surface area contributed by atoms with Crippen LogP contribution in [0.3, 0.4) is 0 Å². The topological polar surface area (TPSA) is 26.5 Å². The normalized spacial score (nSPS) is 12.1. The fourth-order valence-electron chi connectivity index (χ4n) is 2.41. The number of thiazole rings is 1. The van der Waals surface area contributed by atoms with Gasteiger partial charge in [0.1, 0.15) is 11.4 Å². The smallest absolute Gasteiger partial charge is 0.190 e. The molecule has 2 heterocycles. The molecule has 3 rings (SSSR count). The Kier molecular flexibility index (Phi) is 4.98. The van der Waals surface area contributed by atoms with Crippen LogP contribution in [0.5, 0.6) is 5.75 Å². The molecule has 0 saturated carbocycles. The highest BCUT2D eigenvalue weighted by Crippen LogP contribution is 2.28. The summed E-state index contributed by atoms with van der Waals surface area (Å²) < 4.78 is 7.73. The third-order valence-electron chi connectivity index (χ3n) is 3.42. The first-order valence-electron chi connectivity index (χ1n) is 7.59. The molecule has 0 atom stereocenters. The van der Waals surface area contributed by atoms with Gasteiger partial charge in [-0.15, -0.1) is 22.7 Å². The number of nitrogens with zero attached hydrogens (tertiary/aromatic N) is 2. The van der Waals surface area contributed by atoms with E-state index in [1.165, 1.54) is 10.6 Å². The fourth-order valence-corrected chi connectivity index (χ4v) is 4.16. The molecule has 0 aliphatic carbocycles. The van der Waals surface area contributed by atoms with Gasteiger partial charge < -0.3 is 9.30 Å². The molecule has 0 aliphatic rings. The minimum Gasteiger partial charge on any atom is -0.494 e. The fraction of sp³-hybridized carbons (Fsp3) is 0.278. The molecule has 0 spiro atoms. The second kappa shape index (κ2) is 7.15. The van der Waals surface area contributed by atoms with Gasteiger partial charge in [-0.05, 0) is 29.5 Å². The van der Waals surface area contributed by atoms with Gasteiger partial charge >= 0.3 is 0 Å². The Bertz CT molecular complexity index is 829. The van der Waals surface area contributed by atoms with Crippen LogP contribution in [0.4, 0.5) is 5.69 Å². The van der Waals surface area contributed by atoms with Crippen LogP contribution in [0.1, 0.15) is 13.8 Å². The van der Waals surface area contributed by atoms with E-state index in [1.807, 2.05) is 24.3 Å². The maximum absolute atomic E-state index is 5.42. The Morgan fingerprint density at radius 3 is 2.65 bits per heavy atom. The number of ether oxygens (including phenoxy) is 1. The molecule has 0 radical (unpaired) electrons. The minimum atomic E-state index is 0.555. The Morgan fingerprint density at radius 1 is 1.13 bits per heavy atom. The highest BCUT2D eigenvalue weighted by atomic mass is 32.1. The summed E-state index contributed by atoms with van der Waals surface area (Å²) in [6, 6.07) is 12.1. The van der Waals surface area contributed by atoms with Crippen molar-refractivity contribution in [2.24, 2.45) is 10.9 Å². The van der Waals surface area contributed by atoms with Crippen molar-refractivity contribution in [1.29, 1.82) is 0 Å². The number of thiophene rings is 1. The Hall–Kier alpha value is -1.85. The van der Waals surface area contributed by atoms with Crippen LogP contribution in [-0.2, 0) is 6.54 Å². The first kappa shape index (κ1) is 16.0. The van der Waals surface area contributed by atoms with Gasteiger partial charge in [-0.2, -0.15) is 0 Å². The molecule has 5 heteroatoms. The molecule has 120 valence electrons. The summed E-state index contributed by atoms with van der Waals surface area (Å²) in [5.41, 5.74) is 2.11. The lowest BCUT2D eigenvalue weighted by Crippen LogP contribution is -2.18. The van der Waals surface area contributed by atoms with E-state index in [4.69, 9.17) is 9.73 Å².